The van der Waals surface area contributed by atoms with Gasteiger partial charge in [0.2, 0.25) is 0 Å². The Labute approximate surface area is 129 Å². The first-order valence-corrected chi connectivity index (χ1v) is 7.99. The molecule has 0 atom stereocenters. The summed E-state index contributed by atoms with van der Waals surface area (Å²) >= 11 is 0. The molecule has 0 N–H and O–H groups in total. The highest BCUT2D eigenvalue weighted by molar-refractivity contribution is 6.06. The van der Waals surface area contributed by atoms with Gasteiger partial charge in [-0.05, 0) is 42.7 Å². The van der Waals surface area contributed by atoms with Gasteiger partial charge >= 0.3 is 0 Å². The molecular formula is C19H19N3. The lowest BCUT2D eigenvalue weighted by Gasteiger charge is -2.05. The van der Waals surface area contributed by atoms with E-state index in [2.05, 4.69) is 36.6 Å². The van der Waals surface area contributed by atoms with E-state index in [1.165, 1.54) is 16.5 Å². The minimum atomic E-state index is 0.964. The summed E-state index contributed by atoms with van der Waals surface area (Å²) < 4.78 is 2.31. The van der Waals surface area contributed by atoms with Gasteiger partial charge in [0.1, 0.15) is 5.52 Å². The van der Waals surface area contributed by atoms with Gasteiger partial charge in [-0.15, -0.1) is 0 Å². The summed E-state index contributed by atoms with van der Waals surface area (Å²) in [7, 11) is 0. The summed E-state index contributed by atoms with van der Waals surface area (Å²) in [5.74, 6) is 0. The number of hydrogen-bond donors (Lipinski definition) is 0. The average Bonchev–Trinajstić information content (AvgIpc) is 2.86. The molecule has 4 aromatic rings. The van der Waals surface area contributed by atoms with Crippen LogP contribution in [-0.4, -0.2) is 14.5 Å². The summed E-state index contributed by atoms with van der Waals surface area (Å²) in [5.41, 5.74) is 6.54. The third-order valence-corrected chi connectivity index (χ3v) is 4.27. The maximum Gasteiger partial charge on any atom is 0.160 e. The summed E-state index contributed by atoms with van der Waals surface area (Å²) in [6, 6.07) is 14.8. The Morgan fingerprint density at radius 3 is 2.45 bits per heavy atom. The first-order valence-electron chi connectivity index (χ1n) is 7.99. The molecule has 0 saturated carbocycles. The minimum Gasteiger partial charge on any atom is -0.324 e. The van der Waals surface area contributed by atoms with E-state index in [0.717, 1.165) is 41.6 Å². The molecule has 22 heavy (non-hydrogen) atoms. The van der Waals surface area contributed by atoms with E-state index in [4.69, 9.17) is 9.97 Å². The highest BCUT2D eigenvalue weighted by Gasteiger charge is 2.14. The second-order valence-electron chi connectivity index (χ2n) is 5.74. The zero-order valence-corrected chi connectivity index (χ0v) is 13.0. The van der Waals surface area contributed by atoms with Crippen molar-refractivity contribution in [1.29, 1.82) is 0 Å². The molecule has 0 aliphatic carbocycles. The molecule has 2 aromatic heterocycles. The van der Waals surface area contributed by atoms with Crippen LogP contribution in [0.4, 0.5) is 0 Å². The lowest BCUT2D eigenvalue weighted by atomic mass is 10.1. The van der Waals surface area contributed by atoms with E-state index in [-0.39, 0.29) is 0 Å². The Morgan fingerprint density at radius 2 is 1.73 bits per heavy atom. The number of hydrogen-bond acceptors (Lipinski definition) is 2. The van der Waals surface area contributed by atoms with Crippen molar-refractivity contribution in [3.63, 3.8) is 0 Å². The second-order valence-corrected chi connectivity index (χ2v) is 5.74. The molecular weight excluding hydrogens is 270 g/mol. The highest BCUT2D eigenvalue weighted by Crippen LogP contribution is 2.29. The molecule has 110 valence electrons. The zero-order chi connectivity index (χ0) is 15.1. The number of aryl methyl sites for hydroxylation is 2. The number of para-hydroxylation sites is 2. The molecule has 0 aliphatic heterocycles. The van der Waals surface area contributed by atoms with Gasteiger partial charge in [0.05, 0.1) is 16.6 Å². The number of rotatable bonds is 3. The minimum absolute atomic E-state index is 0.964. The lowest BCUT2D eigenvalue weighted by molar-refractivity contribution is 0.718. The van der Waals surface area contributed by atoms with Crippen molar-refractivity contribution in [1.82, 2.24) is 14.5 Å². The SMILES string of the molecule is CCCn1c2ccc(CC)cc2c2nc3ccccc3nc21. The Bertz CT molecular complexity index is 982. The van der Waals surface area contributed by atoms with E-state index < -0.39 is 0 Å². The van der Waals surface area contributed by atoms with Crippen molar-refractivity contribution in [3.8, 4) is 0 Å². The molecule has 4 rings (SSSR count). The summed E-state index contributed by atoms with van der Waals surface area (Å²) in [6.45, 7) is 5.36. The number of aromatic nitrogens is 3. The largest absolute Gasteiger partial charge is 0.324 e. The molecule has 0 radical (unpaired) electrons. The van der Waals surface area contributed by atoms with Crippen molar-refractivity contribution in [2.45, 2.75) is 33.2 Å². The number of fused-ring (bicyclic) bond motifs is 4. The van der Waals surface area contributed by atoms with E-state index in [0.29, 0.717) is 0 Å². The standard InChI is InChI=1S/C19H19N3/c1-3-11-22-17-10-9-13(4-2)12-14(17)18-19(22)21-16-8-6-5-7-15(16)20-18/h5-10,12H,3-4,11H2,1-2H3. The van der Waals surface area contributed by atoms with Crippen molar-refractivity contribution < 1.29 is 0 Å². The third kappa shape index (κ3) is 1.89. The van der Waals surface area contributed by atoms with Gasteiger partial charge in [-0.1, -0.05) is 32.0 Å². The van der Waals surface area contributed by atoms with Crippen LogP contribution in [0, 0.1) is 0 Å². The Hall–Kier alpha value is -2.42. The van der Waals surface area contributed by atoms with Gasteiger partial charge in [0, 0.05) is 11.9 Å². The van der Waals surface area contributed by atoms with Crippen LogP contribution in [-0.2, 0) is 13.0 Å². The van der Waals surface area contributed by atoms with E-state index >= 15 is 0 Å². The van der Waals surface area contributed by atoms with E-state index in [9.17, 15) is 0 Å². The monoisotopic (exact) mass is 289 g/mol. The molecule has 0 spiro atoms. The third-order valence-electron chi connectivity index (χ3n) is 4.27. The average molecular weight is 289 g/mol. The van der Waals surface area contributed by atoms with Crippen molar-refractivity contribution in [2.24, 2.45) is 0 Å². The fourth-order valence-corrected chi connectivity index (χ4v) is 3.15. The van der Waals surface area contributed by atoms with Crippen LogP contribution in [0.25, 0.3) is 33.1 Å². The first kappa shape index (κ1) is 13.3. The first-order chi connectivity index (χ1) is 10.8. The fourth-order valence-electron chi connectivity index (χ4n) is 3.15. The van der Waals surface area contributed by atoms with Gasteiger partial charge in [-0.25, -0.2) is 9.97 Å². The molecule has 0 saturated heterocycles. The molecule has 3 nitrogen and oxygen atoms in total. The maximum atomic E-state index is 4.90. The van der Waals surface area contributed by atoms with E-state index in [1.807, 2.05) is 24.3 Å². The van der Waals surface area contributed by atoms with Gasteiger partial charge in [0.25, 0.3) is 0 Å². The molecule has 0 fully saturated rings. The van der Waals surface area contributed by atoms with Gasteiger partial charge in [-0.2, -0.15) is 0 Å². The molecule has 0 bridgehead atoms. The highest BCUT2D eigenvalue weighted by atomic mass is 15.1. The van der Waals surface area contributed by atoms with Crippen LogP contribution < -0.4 is 0 Å². The summed E-state index contributed by atoms with van der Waals surface area (Å²) in [4.78, 5) is 9.79. The Morgan fingerprint density at radius 1 is 0.955 bits per heavy atom. The molecule has 0 unspecified atom stereocenters. The van der Waals surface area contributed by atoms with Crippen LogP contribution in [0.5, 0.6) is 0 Å². The fraction of sp³-hybridized carbons (Fsp3) is 0.263. The molecule has 3 heteroatoms. The van der Waals surface area contributed by atoms with Gasteiger partial charge < -0.3 is 4.57 Å². The predicted molar refractivity (Wildman–Crippen MR) is 92.2 cm³/mol. The lowest BCUT2D eigenvalue weighted by Crippen LogP contribution is -1.98. The maximum absolute atomic E-state index is 4.90. The summed E-state index contributed by atoms with van der Waals surface area (Å²) in [5, 5.41) is 1.22. The smallest absolute Gasteiger partial charge is 0.160 e. The molecule has 0 amide bonds. The number of nitrogens with zero attached hydrogens (tertiary/aromatic N) is 3. The van der Waals surface area contributed by atoms with Crippen LogP contribution in [0.2, 0.25) is 0 Å². The Balaban J connectivity index is 2.17. The van der Waals surface area contributed by atoms with E-state index in [1.54, 1.807) is 0 Å². The normalized spacial score (nSPS) is 11.7. The topological polar surface area (TPSA) is 30.7 Å². The van der Waals surface area contributed by atoms with Crippen LogP contribution in [0.15, 0.2) is 42.5 Å². The van der Waals surface area contributed by atoms with Crippen LogP contribution in [0.3, 0.4) is 0 Å². The van der Waals surface area contributed by atoms with Crippen molar-refractivity contribution in [3.05, 3.63) is 48.0 Å². The van der Waals surface area contributed by atoms with Gasteiger partial charge in [-0.3, -0.25) is 0 Å². The van der Waals surface area contributed by atoms with Crippen LogP contribution in [0.1, 0.15) is 25.8 Å². The molecule has 2 aromatic carbocycles. The Kier molecular flexibility index (Phi) is 3.07. The van der Waals surface area contributed by atoms with Crippen molar-refractivity contribution >= 4 is 33.1 Å². The number of benzene rings is 2. The molecule has 0 aliphatic rings. The predicted octanol–water partition coefficient (Wildman–Crippen LogP) is 4.71. The van der Waals surface area contributed by atoms with Gasteiger partial charge in [0.15, 0.2) is 5.65 Å². The van der Waals surface area contributed by atoms with Crippen LogP contribution >= 0.6 is 0 Å². The second kappa shape index (κ2) is 5.09. The quantitative estimate of drug-likeness (QED) is 0.547. The zero-order valence-electron chi connectivity index (χ0n) is 13.0. The molecule has 2 heterocycles. The van der Waals surface area contributed by atoms with Crippen molar-refractivity contribution in [2.75, 3.05) is 0 Å². The summed E-state index contributed by atoms with van der Waals surface area (Å²) in [6.07, 6.45) is 2.13.